The van der Waals surface area contributed by atoms with Crippen LogP contribution in [0.1, 0.15) is 24.2 Å². The summed E-state index contributed by atoms with van der Waals surface area (Å²) in [4.78, 5) is 23.9. The lowest BCUT2D eigenvalue weighted by Crippen LogP contribution is -2.22. The Morgan fingerprint density at radius 2 is 1.72 bits per heavy atom. The van der Waals surface area contributed by atoms with Gasteiger partial charge in [-0.05, 0) is 62.4 Å². The summed E-state index contributed by atoms with van der Waals surface area (Å²) in [5.41, 5.74) is 2.16. The fourth-order valence-electron chi connectivity index (χ4n) is 2.65. The van der Waals surface area contributed by atoms with E-state index in [2.05, 4.69) is 15.5 Å². The number of hydrogen-bond acceptors (Lipinski definition) is 6. The standard InChI is InChI=1S/C21H22N4O3S/c1-13(26)15-5-9-17(10-6-15)22-20(27)14(2)29-21-24-23-19(25(21)3)16-7-11-18(28-4)12-8-16/h5-12,14H,1-4H3,(H,22,27)/t14-/m1/s1. The molecule has 0 spiro atoms. The van der Waals surface area contributed by atoms with Gasteiger partial charge in [0.1, 0.15) is 5.75 Å². The quantitative estimate of drug-likeness (QED) is 0.471. The molecule has 7 nitrogen and oxygen atoms in total. The molecule has 0 unspecified atom stereocenters. The summed E-state index contributed by atoms with van der Waals surface area (Å²) >= 11 is 1.33. The van der Waals surface area contributed by atoms with E-state index in [0.29, 0.717) is 22.2 Å². The van der Waals surface area contributed by atoms with Crippen LogP contribution in [0.25, 0.3) is 11.4 Å². The number of carbonyl (C=O) groups is 2. The molecule has 1 heterocycles. The summed E-state index contributed by atoms with van der Waals surface area (Å²) in [6.45, 7) is 3.32. The highest BCUT2D eigenvalue weighted by Gasteiger charge is 2.19. The van der Waals surface area contributed by atoms with Crippen molar-refractivity contribution in [3.8, 4) is 17.1 Å². The van der Waals surface area contributed by atoms with Gasteiger partial charge in [0.25, 0.3) is 0 Å². The largest absolute Gasteiger partial charge is 0.497 e. The maximum absolute atomic E-state index is 12.5. The van der Waals surface area contributed by atoms with Gasteiger partial charge in [-0.15, -0.1) is 10.2 Å². The Labute approximate surface area is 173 Å². The number of Topliss-reactive ketones (excluding diaryl/α,β-unsaturated/α-hetero) is 1. The second-order valence-corrected chi connectivity index (χ2v) is 7.78. The van der Waals surface area contributed by atoms with Gasteiger partial charge in [-0.25, -0.2) is 0 Å². The van der Waals surface area contributed by atoms with E-state index in [4.69, 9.17) is 4.74 Å². The molecule has 0 aliphatic carbocycles. The van der Waals surface area contributed by atoms with Crippen LogP contribution in [0.3, 0.4) is 0 Å². The third-order valence-corrected chi connectivity index (χ3v) is 5.53. The zero-order chi connectivity index (χ0) is 21.0. The molecule has 0 aliphatic heterocycles. The normalized spacial score (nSPS) is 11.7. The van der Waals surface area contributed by atoms with Crippen molar-refractivity contribution in [2.75, 3.05) is 12.4 Å². The van der Waals surface area contributed by atoms with Gasteiger partial charge >= 0.3 is 0 Å². The average molecular weight is 410 g/mol. The molecule has 0 saturated heterocycles. The van der Waals surface area contributed by atoms with Crippen LogP contribution in [-0.2, 0) is 11.8 Å². The van der Waals surface area contributed by atoms with Gasteiger partial charge in [0.15, 0.2) is 16.8 Å². The minimum absolute atomic E-state index is 0.0123. The third-order valence-electron chi connectivity index (χ3n) is 4.39. The van der Waals surface area contributed by atoms with Crippen molar-refractivity contribution >= 4 is 29.1 Å². The molecule has 0 radical (unpaired) electrons. The van der Waals surface area contributed by atoms with E-state index < -0.39 is 0 Å². The van der Waals surface area contributed by atoms with Crippen LogP contribution in [0.15, 0.2) is 53.7 Å². The van der Waals surface area contributed by atoms with Crippen LogP contribution in [0, 0.1) is 0 Å². The van der Waals surface area contributed by atoms with Gasteiger partial charge in [0.2, 0.25) is 5.91 Å². The molecule has 29 heavy (non-hydrogen) atoms. The Kier molecular flexibility index (Phi) is 6.33. The summed E-state index contributed by atoms with van der Waals surface area (Å²) in [6, 6.07) is 14.4. The molecule has 2 aromatic carbocycles. The number of hydrogen-bond donors (Lipinski definition) is 1. The minimum atomic E-state index is -0.380. The van der Waals surface area contributed by atoms with Crippen molar-refractivity contribution in [3.05, 3.63) is 54.1 Å². The lowest BCUT2D eigenvalue weighted by molar-refractivity contribution is -0.115. The molecule has 1 aromatic heterocycles. The first-order valence-corrected chi connectivity index (χ1v) is 9.89. The van der Waals surface area contributed by atoms with E-state index in [0.717, 1.165) is 11.3 Å². The van der Waals surface area contributed by atoms with Crippen molar-refractivity contribution in [2.24, 2.45) is 7.05 Å². The third kappa shape index (κ3) is 4.83. The van der Waals surface area contributed by atoms with Gasteiger partial charge in [0, 0.05) is 23.9 Å². The van der Waals surface area contributed by atoms with Crippen molar-refractivity contribution < 1.29 is 14.3 Å². The number of methoxy groups -OCH3 is 1. The number of nitrogens with zero attached hydrogens (tertiary/aromatic N) is 3. The summed E-state index contributed by atoms with van der Waals surface area (Å²) in [5.74, 6) is 1.32. The van der Waals surface area contributed by atoms with Crippen LogP contribution in [0.4, 0.5) is 5.69 Å². The van der Waals surface area contributed by atoms with Gasteiger partial charge < -0.3 is 14.6 Å². The van der Waals surface area contributed by atoms with Gasteiger partial charge in [-0.1, -0.05) is 11.8 Å². The first kappa shape index (κ1) is 20.6. The van der Waals surface area contributed by atoms with E-state index in [1.54, 1.807) is 31.4 Å². The lowest BCUT2D eigenvalue weighted by atomic mass is 10.1. The Hall–Kier alpha value is -3.13. The molecule has 0 aliphatic rings. The summed E-state index contributed by atoms with van der Waals surface area (Å²) in [7, 11) is 3.49. The van der Waals surface area contributed by atoms with Crippen molar-refractivity contribution in [2.45, 2.75) is 24.3 Å². The first-order valence-electron chi connectivity index (χ1n) is 9.01. The molecule has 8 heteroatoms. The number of anilines is 1. The summed E-state index contributed by atoms with van der Waals surface area (Å²) < 4.78 is 7.04. The predicted octanol–water partition coefficient (Wildman–Crippen LogP) is 3.81. The average Bonchev–Trinajstić information content (AvgIpc) is 3.08. The Bertz CT molecular complexity index is 1010. The van der Waals surface area contributed by atoms with Crippen LogP contribution in [0.5, 0.6) is 5.75 Å². The topological polar surface area (TPSA) is 86.1 Å². The van der Waals surface area contributed by atoms with Crippen molar-refractivity contribution in [1.82, 2.24) is 14.8 Å². The number of carbonyl (C=O) groups excluding carboxylic acids is 2. The van der Waals surface area contributed by atoms with Crippen molar-refractivity contribution in [1.29, 1.82) is 0 Å². The fraction of sp³-hybridized carbons (Fsp3) is 0.238. The molecule has 1 amide bonds. The molecule has 3 aromatic rings. The highest BCUT2D eigenvalue weighted by Crippen LogP contribution is 2.27. The van der Waals surface area contributed by atoms with Gasteiger partial charge in [-0.2, -0.15) is 0 Å². The maximum Gasteiger partial charge on any atom is 0.237 e. The van der Waals surface area contributed by atoms with Crippen molar-refractivity contribution in [3.63, 3.8) is 0 Å². The molecule has 0 bridgehead atoms. The molecule has 0 saturated carbocycles. The number of ketones is 1. The number of amides is 1. The number of benzene rings is 2. The summed E-state index contributed by atoms with van der Waals surface area (Å²) in [5, 5.41) is 11.6. The Morgan fingerprint density at radius 1 is 1.07 bits per heavy atom. The van der Waals surface area contributed by atoms with E-state index in [-0.39, 0.29) is 16.9 Å². The van der Waals surface area contributed by atoms with Crippen LogP contribution in [-0.4, -0.2) is 38.8 Å². The number of nitrogens with one attached hydrogen (secondary N) is 1. The minimum Gasteiger partial charge on any atom is -0.497 e. The smallest absolute Gasteiger partial charge is 0.237 e. The first-order chi connectivity index (χ1) is 13.9. The lowest BCUT2D eigenvalue weighted by Gasteiger charge is -2.12. The van der Waals surface area contributed by atoms with E-state index >= 15 is 0 Å². The van der Waals surface area contributed by atoms with E-state index in [9.17, 15) is 9.59 Å². The number of ether oxygens (including phenoxy) is 1. The maximum atomic E-state index is 12.5. The number of aromatic nitrogens is 3. The molecule has 1 atom stereocenters. The fourth-order valence-corrected chi connectivity index (χ4v) is 3.47. The second kappa shape index (κ2) is 8.91. The van der Waals surface area contributed by atoms with E-state index in [1.165, 1.54) is 18.7 Å². The molecular formula is C21H22N4O3S. The van der Waals surface area contributed by atoms with Gasteiger partial charge in [-0.3, -0.25) is 9.59 Å². The van der Waals surface area contributed by atoms with Crippen LogP contribution < -0.4 is 10.1 Å². The second-order valence-electron chi connectivity index (χ2n) is 6.48. The number of rotatable bonds is 7. The molecule has 150 valence electrons. The van der Waals surface area contributed by atoms with Crippen LogP contribution in [0.2, 0.25) is 0 Å². The monoisotopic (exact) mass is 410 g/mol. The molecule has 0 fully saturated rings. The van der Waals surface area contributed by atoms with Crippen LogP contribution >= 0.6 is 11.8 Å². The summed E-state index contributed by atoms with van der Waals surface area (Å²) in [6.07, 6.45) is 0. The Morgan fingerprint density at radius 3 is 2.31 bits per heavy atom. The SMILES string of the molecule is COc1ccc(-c2nnc(S[C@H](C)C(=O)Nc3ccc(C(C)=O)cc3)n2C)cc1. The zero-order valence-electron chi connectivity index (χ0n) is 16.7. The molecule has 1 N–H and O–H groups in total. The van der Waals surface area contributed by atoms with E-state index in [1.807, 2.05) is 42.8 Å². The number of thioether (sulfide) groups is 1. The Balaban J connectivity index is 1.66. The highest BCUT2D eigenvalue weighted by atomic mass is 32.2. The molecule has 3 rings (SSSR count). The predicted molar refractivity (Wildman–Crippen MR) is 113 cm³/mol. The molecular weight excluding hydrogens is 388 g/mol. The highest BCUT2D eigenvalue weighted by molar-refractivity contribution is 8.00. The zero-order valence-corrected chi connectivity index (χ0v) is 17.5. The van der Waals surface area contributed by atoms with Gasteiger partial charge in [0.05, 0.1) is 12.4 Å².